The number of aromatic nitrogens is 1. The third-order valence-electron chi connectivity index (χ3n) is 8.02. The van der Waals surface area contributed by atoms with Crippen LogP contribution in [0.15, 0.2) is 150 Å². The maximum Gasteiger partial charge on any atom is 0.268 e. The van der Waals surface area contributed by atoms with Gasteiger partial charge in [0.2, 0.25) is 0 Å². The second kappa shape index (κ2) is 11.1. The Morgan fingerprint density at radius 1 is 0.500 bits per heavy atom. The van der Waals surface area contributed by atoms with E-state index in [-0.39, 0.29) is 4.90 Å². The predicted octanol–water partition coefficient (Wildman–Crippen LogP) is 9.25. The van der Waals surface area contributed by atoms with Crippen LogP contribution in [0.25, 0.3) is 44.1 Å². The number of aromatic amines is 1. The molecule has 0 aliphatic heterocycles. The fourth-order valence-corrected chi connectivity index (χ4v) is 7.45. The molecular weight excluding hydrogens is 563 g/mol. The van der Waals surface area contributed by atoms with Crippen LogP contribution in [0, 0.1) is 0 Å². The minimum absolute atomic E-state index is 0.210. The van der Waals surface area contributed by atoms with Gasteiger partial charge in [-0.2, -0.15) is 0 Å². The number of rotatable bonds is 7. The first-order chi connectivity index (χ1) is 21.4. The lowest BCUT2D eigenvalue weighted by molar-refractivity contribution is 0.596. The van der Waals surface area contributed by atoms with E-state index in [0.29, 0.717) is 11.4 Å². The molecule has 7 rings (SSSR count). The third-order valence-corrected chi connectivity index (χ3v) is 9.75. The van der Waals surface area contributed by atoms with Gasteiger partial charge < -0.3 is 9.88 Å². The highest BCUT2D eigenvalue weighted by Gasteiger charge is 2.33. The Labute approximate surface area is 257 Å². The van der Waals surface area contributed by atoms with Gasteiger partial charge >= 0.3 is 0 Å². The zero-order valence-corrected chi connectivity index (χ0v) is 25.3. The van der Waals surface area contributed by atoms with Crippen LogP contribution in [-0.2, 0) is 10.0 Å². The molecule has 0 saturated heterocycles. The molecule has 6 heteroatoms. The molecule has 0 fully saturated rings. The lowest BCUT2D eigenvalue weighted by Crippen LogP contribution is -2.27. The number of nitrogens with one attached hydrogen (secondary N) is 1. The number of benzene rings is 6. The number of fused-ring (bicyclic) bond motifs is 2. The zero-order chi connectivity index (χ0) is 30.3. The molecule has 0 atom stereocenters. The van der Waals surface area contributed by atoms with Gasteiger partial charge in [0.25, 0.3) is 10.0 Å². The van der Waals surface area contributed by atoms with E-state index in [4.69, 9.17) is 0 Å². The van der Waals surface area contributed by atoms with Crippen LogP contribution in [0.5, 0.6) is 0 Å². The first kappa shape index (κ1) is 27.5. The van der Waals surface area contributed by atoms with Crippen molar-refractivity contribution in [3.63, 3.8) is 0 Å². The Hall–Kier alpha value is -5.33. The summed E-state index contributed by atoms with van der Waals surface area (Å²) in [5.74, 6) is 0. The fourth-order valence-electron chi connectivity index (χ4n) is 5.91. The second-order valence-electron chi connectivity index (χ2n) is 11.0. The molecule has 5 nitrogen and oxygen atoms in total. The Kier molecular flexibility index (Phi) is 6.91. The molecule has 0 amide bonds. The second-order valence-corrected chi connectivity index (χ2v) is 12.8. The minimum atomic E-state index is -4.12. The molecule has 7 aromatic rings. The fraction of sp³-hybridized carbons (Fsp3) is 0.0526. The SMILES string of the molecule is CN(C)c1ccc(N(c2c(-c3ccccc3)[nH]c3ccccc23)S(=O)(=O)c2ccc(-c3ccccc3)cc2)c2ccccc12. The third kappa shape index (κ3) is 4.70. The standard InChI is InChI=1S/C38H31N3O2S/c1-40(2)35-25-26-36(32-18-10-9-17-31(32)35)41(44(42,43)30-23-21-28(22-24-30)27-13-5-3-6-14-27)38-33-19-11-12-20-34(33)39-37(38)29-15-7-4-8-16-29/h3-26,39H,1-2H3. The largest absolute Gasteiger partial charge is 0.377 e. The van der Waals surface area contributed by atoms with Gasteiger partial charge in [-0.1, -0.05) is 115 Å². The highest BCUT2D eigenvalue weighted by molar-refractivity contribution is 7.93. The van der Waals surface area contributed by atoms with Crippen LogP contribution >= 0.6 is 0 Å². The van der Waals surface area contributed by atoms with Crippen LogP contribution in [0.2, 0.25) is 0 Å². The summed E-state index contributed by atoms with van der Waals surface area (Å²) in [5.41, 5.74) is 6.65. The molecule has 0 spiro atoms. The average Bonchev–Trinajstić information content (AvgIpc) is 3.44. The first-order valence-electron chi connectivity index (χ1n) is 14.5. The van der Waals surface area contributed by atoms with Crippen LogP contribution in [-0.4, -0.2) is 27.5 Å². The van der Waals surface area contributed by atoms with Crippen molar-refractivity contribution < 1.29 is 8.42 Å². The van der Waals surface area contributed by atoms with Gasteiger partial charge in [0, 0.05) is 47.0 Å². The van der Waals surface area contributed by atoms with Crippen LogP contribution in [0.4, 0.5) is 17.1 Å². The molecule has 0 unspecified atom stereocenters. The summed E-state index contributed by atoms with van der Waals surface area (Å²) in [6.45, 7) is 0. The molecule has 0 saturated carbocycles. The first-order valence-corrected chi connectivity index (χ1v) is 15.9. The van der Waals surface area contributed by atoms with Crippen LogP contribution in [0.3, 0.4) is 0 Å². The molecule has 0 radical (unpaired) electrons. The molecule has 0 aliphatic rings. The molecular formula is C38H31N3O2S. The number of hydrogen-bond donors (Lipinski definition) is 1. The highest BCUT2D eigenvalue weighted by atomic mass is 32.2. The Morgan fingerprint density at radius 2 is 1.00 bits per heavy atom. The maximum absolute atomic E-state index is 15.1. The van der Waals surface area contributed by atoms with Crippen molar-refractivity contribution in [3.8, 4) is 22.4 Å². The number of para-hydroxylation sites is 1. The van der Waals surface area contributed by atoms with E-state index in [1.54, 1.807) is 12.1 Å². The Bertz CT molecular complexity index is 2210. The van der Waals surface area contributed by atoms with E-state index >= 15 is 8.42 Å². The van der Waals surface area contributed by atoms with Gasteiger partial charge in [0.15, 0.2) is 0 Å². The molecule has 1 aromatic heterocycles. The highest BCUT2D eigenvalue weighted by Crippen LogP contribution is 2.47. The van der Waals surface area contributed by atoms with E-state index < -0.39 is 10.0 Å². The molecule has 0 bridgehead atoms. The Morgan fingerprint density at radius 3 is 1.64 bits per heavy atom. The van der Waals surface area contributed by atoms with E-state index in [1.807, 2.05) is 152 Å². The van der Waals surface area contributed by atoms with Crippen LogP contribution < -0.4 is 9.21 Å². The summed E-state index contributed by atoms with van der Waals surface area (Å²) >= 11 is 0. The molecule has 6 aromatic carbocycles. The summed E-state index contributed by atoms with van der Waals surface area (Å²) in [6, 6.07) is 46.8. The van der Waals surface area contributed by atoms with Crippen molar-refractivity contribution in [2.24, 2.45) is 0 Å². The lowest BCUT2D eigenvalue weighted by atomic mass is 10.0. The van der Waals surface area contributed by atoms with Crippen molar-refractivity contribution in [3.05, 3.63) is 146 Å². The van der Waals surface area contributed by atoms with Crippen LogP contribution in [0.1, 0.15) is 0 Å². The van der Waals surface area contributed by atoms with Gasteiger partial charge in [0.05, 0.1) is 22.0 Å². The van der Waals surface area contributed by atoms with Crippen molar-refractivity contribution in [2.45, 2.75) is 4.90 Å². The van der Waals surface area contributed by atoms with Crippen molar-refractivity contribution in [2.75, 3.05) is 23.3 Å². The number of sulfonamides is 1. The normalized spacial score (nSPS) is 11.6. The lowest BCUT2D eigenvalue weighted by Gasteiger charge is -2.28. The summed E-state index contributed by atoms with van der Waals surface area (Å²) in [6.07, 6.45) is 0. The molecule has 216 valence electrons. The van der Waals surface area contributed by atoms with E-state index in [0.717, 1.165) is 49.7 Å². The molecule has 0 aliphatic carbocycles. The van der Waals surface area contributed by atoms with Crippen molar-refractivity contribution in [1.82, 2.24) is 4.98 Å². The van der Waals surface area contributed by atoms with Gasteiger partial charge in [-0.05, 0) is 41.5 Å². The summed E-state index contributed by atoms with van der Waals surface area (Å²) in [5, 5.41) is 2.62. The van der Waals surface area contributed by atoms with Crippen molar-refractivity contribution in [1.29, 1.82) is 0 Å². The van der Waals surface area contributed by atoms with Gasteiger partial charge in [-0.3, -0.25) is 0 Å². The smallest absolute Gasteiger partial charge is 0.268 e. The zero-order valence-electron chi connectivity index (χ0n) is 24.5. The number of anilines is 3. The number of H-pyrrole nitrogens is 1. The number of hydrogen-bond acceptors (Lipinski definition) is 3. The van der Waals surface area contributed by atoms with Crippen molar-refractivity contribution >= 4 is 48.8 Å². The monoisotopic (exact) mass is 593 g/mol. The topological polar surface area (TPSA) is 56.4 Å². The van der Waals surface area contributed by atoms with Gasteiger partial charge in [-0.25, -0.2) is 12.7 Å². The molecule has 1 heterocycles. The van der Waals surface area contributed by atoms with Gasteiger partial charge in [0.1, 0.15) is 0 Å². The maximum atomic E-state index is 15.1. The Balaban J connectivity index is 1.53. The quantitative estimate of drug-likeness (QED) is 0.200. The minimum Gasteiger partial charge on any atom is -0.377 e. The summed E-state index contributed by atoms with van der Waals surface area (Å²) < 4.78 is 31.7. The molecule has 1 N–H and O–H groups in total. The van der Waals surface area contributed by atoms with E-state index in [1.165, 1.54) is 4.31 Å². The summed E-state index contributed by atoms with van der Waals surface area (Å²) in [7, 11) is -0.128. The molecule has 44 heavy (non-hydrogen) atoms. The average molecular weight is 594 g/mol. The predicted molar refractivity (Wildman–Crippen MR) is 183 cm³/mol. The number of nitrogens with zero attached hydrogens (tertiary/aromatic N) is 2. The van der Waals surface area contributed by atoms with E-state index in [9.17, 15) is 0 Å². The van der Waals surface area contributed by atoms with Gasteiger partial charge in [-0.15, -0.1) is 0 Å². The summed E-state index contributed by atoms with van der Waals surface area (Å²) in [4.78, 5) is 5.81. The van der Waals surface area contributed by atoms with E-state index in [2.05, 4.69) is 4.98 Å².